The van der Waals surface area contributed by atoms with Crippen molar-refractivity contribution in [3.63, 3.8) is 0 Å². The van der Waals surface area contributed by atoms with Gasteiger partial charge in [0, 0.05) is 17.4 Å². The van der Waals surface area contributed by atoms with Crippen molar-refractivity contribution in [1.29, 1.82) is 0 Å². The van der Waals surface area contributed by atoms with Crippen LogP contribution in [0.3, 0.4) is 0 Å². The molecule has 2 unspecified atom stereocenters. The second-order valence-electron chi connectivity index (χ2n) is 7.86. The first kappa shape index (κ1) is 15.0. The molecule has 1 heterocycles. The Morgan fingerprint density at radius 2 is 1.92 bits per heavy atom. The molecule has 2 fully saturated rings. The summed E-state index contributed by atoms with van der Waals surface area (Å²) in [6.45, 7) is 4.18. The molecule has 2 aromatic carbocycles. The summed E-state index contributed by atoms with van der Waals surface area (Å²) in [6, 6.07) is 14.1. The van der Waals surface area contributed by atoms with Gasteiger partial charge in [0.05, 0.1) is 5.54 Å². The van der Waals surface area contributed by atoms with Crippen molar-refractivity contribution in [3.8, 4) is 0 Å². The lowest BCUT2D eigenvalue weighted by Gasteiger charge is -2.43. The number of halogens is 1. The van der Waals surface area contributed by atoms with Gasteiger partial charge in [-0.15, -0.1) is 0 Å². The maximum atomic E-state index is 13.1. The zero-order valence-electron chi connectivity index (χ0n) is 14.3. The monoisotopic (exact) mass is 334 g/mol. The number of anilines is 1. The Kier molecular flexibility index (Phi) is 3.21. The molecule has 128 valence electrons. The highest BCUT2D eigenvalue weighted by Crippen LogP contribution is 2.49. The minimum absolute atomic E-state index is 0.00301. The van der Waals surface area contributed by atoms with Gasteiger partial charge in [-0.1, -0.05) is 30.8 Å². The van der Waals surface area contributed by atoms with E-state index in [0.717, 1.165) is 30.0 Å². The Hall–Kier alpha value is -2.29. The highest BCUT2D eigenvalue weighted by atomic mass is 19.1. The number of hydrogen-bond acceptors (Lipinski definition) is 2. The Morgan fingerprint density at radius 1 is 1.12 bits per heavy atom. The Morgan fingerprint density at radius 3 is 2.60 bits per heavy atom. The lowest BCUT2D eigenvalue weighted by molar-refractivity contribution is 0.266. The lowest BCUT2D eigenvalue weighted by atomic mass is 9.73. The molecule has 3 heteroatoms. The summed E-state index contributed by atoms with van der Waals surface area (Å²) < 4.78 is 13.1. The van der Waals surface area contributed by atoms with Crippen LogP contribution in [-0.4, -0.2) is 6.04 Å². The molecule has 0 aromatic heterocycles. The van der Waals surface area contributed by atoms with Gasteiger partial charge < -0.3 is 10.6 Å². The minimum atomic E-state index is -0.214. The fourth-order valence-corrected chi connectivity index (χ4v) is 4.31. The Labute approximate surface area is 148 Å². The van der Waals surface area contributed by atoms with Crippen LogP contribution in [-0.2, 0) is 12.0 Å². The molecule has 3 aliphatic rings. The van der Waals surface area contributed by atoms with E-state index in [1.807, 2.05) is 0 Å². The SMILES string of the molecule is C=C(NC1(c2ccc3c(c2)CC2CCC2N3)CC1)c1ccc(F)cc1. The number of nitrogens with one attached hydrogen (secondary N) is 2. The molecule has 2 aliphatic carbocycles. The fourth-order valence-electron chi connectivity index (χ4n) is 4.31. The highest BCUT2D eigenvalue weighted by Gasteiger charge is 2.45. The third kappa shape index (κ3) is 2.53. The second kappa shape index (κ2) is 5.35. The molecule has 5 rings (SSSR count). The largest absolute Gasteiger partial charge is 0.382 e. The van der Waals surface area contributed by atoms with E-state index >= 15 is 0 Å². The summed E-state index contributed by atoms with van der Waals surface area (Å²) in [7, 11) is 0. The molecule has 2 nitrogen and oxygen atoms in total. The Balaban J connectivity index is 1.38. The van der Waals surface area contributed by atoms with Gasteiger partial charge in [0.2, 0.25) is 0 Å². The summed E-state index contributed by atoms with van der Waals surface area (Å²) >= 11 is 0. The topological polar surface area (TPSA) is 24.1 Å². The van der Waals surface area contributed by atoms with Crippen LogP contribution < -0.4 is 10.6 Å². The van der Waals surface area contributed by atoms with Gasteiger partial charge >= 0.3 is 0 Å². The van der Waals surface area contributed by atoms with Crippen LogP contribution in [0, 0.1) is 11.7 Å². The molecule has 2 N–H and O–H groups in total. The van der Waals surface area contributed by atoms with Crippen molar-refractivity contribution >= 4 is 11.4 Å². The fraction of sp³-hybridized carbons (Fsp3) is 0.364. The molecule has 2 atom stereocenters. The van der Waals surface area contributed by atoms with Gasteiger partial charge in [0.15, 0.2) is 0 Å². The van der Waals surface area contributed by atoms with Gasteiger partial charge in [-0.2, -0.15) is 0 Å². The molecular formula is C22H23FN2. The van der Waals surface area contributed by atoms with Crippen LogP contribution in [0.2, 0.25) is 0 Å². The third-order valence-corrected chi connectivity index (χ3v) is 6.23. The van der Waals surface area contributed by atoms with Crippen molar-refractivity contribution in [2.24, 2.45) is 5.92 Å². The minimum Gasteiger partial charge on any atom is -0.382 e. The summed E-state index contributed by atoms with van der Waals surface area (Å²) in [5.41, 5.74) is 5.94. The van der Waals surface area contributed by atoms with Crippen molar-refractivity contribution in [3.05, 3.63) is 71.6 Å². The maximum absolute atomic E-state index is 13.1. The van der Waals surface area contributed by atoms with Crippen molar-refractivity contribution in [2.45, 2.75) is 43.7 Å². The molecule has 0 spiro atoms. The molecule has 2 saturated carbocycles. The normalized spacial score (nSPS) is 25.0. The van der Waals surface area contributed by atoms with Crippen LogP contribution >= 0.6 is 0 Å². The molecular weight excluding hydrogens is 311 g/mol. The highest BCUT2D eigenvalue weighted by molar-refractivity contribution is 5.64. The first-order valence-electron chi connectivity index (χ1n) is 9.26. The molecule has 25 heavy (non-hydrogen) atoms. The van der Waals surface area contributed by atoms with Gasteiger partial charge in [0.1, 0.15) is 5.82 Å². The van der Waals surface area contributed by atoms with Gasteiger partial charge in [-0.25, -0.2) is 4.39 Å². The van der Waals surface area contributed by atoms with E-state index in [4.69, 9.17) is 0 Å². The summed E-state index contributed by atoms with van der Waals surface area (Å²) in [5, 5.41) is 7.32. The summed E-state index contributed by atoms with van der Waals surface area (Å²) in [6.07, 6.45) is 6.10. The van der Waals surface area contributed by atoms with Crippen molar-refractivity contribution in [2.75, 3.05) is 5.32 Å². The Bertz CT molecular complexity index is 836. The van der Waals surface area contributed by atoms with Crippen LogP contribution in [0.15, 0.2) is 49.0 Å². The zero-order chi connectivity index (χ0) is 17.0. The van der Waals surface area contributed by atoms with Crippen LogP contribution in [0.1, 0.15) is 42.4 Å². The van der Waals surface area contributed by atoms with Crippen LogP contribution in [0.25, 0.3) is 5.70 Å². The average molecular weight is 334 g/mol. The van der Waals surface area contributed by atoms with Gasteiger partial charge in [0.25, 0.3) is 0 Å². The summed E-state index contributed by atoms with van der Waals surface area (Å²) in [4.78, 5) is 0. The molecule has 0 bridgehead atoms. The quantitative estimate of drug-likeness (QED) is 0.837. The first-order valence-corrected chi connectivity index (χ1v) is 9.26. The number of benzene rings is 2. The number of fused-ring (bicyclic) bond motifs is 2. The van der Waals surface area contributed by atoms with E-state index in [1.165, 1.54) is 48.2 Å². The van der Waals surface area contributed by atoms with Crippen molar-refractivity contribution < 1.29 is 4.39 Å². The third-order valence-electron chi connectivity index (χ3n) is 6.23. The number of rotatable bonds is 4. The van der Waals surface area contributed by atoms with Crippen LogP contribution in [0.4, 0.5) is 10.1 Å². The molecule has 0 radical (unpaired) electrons. The summed E-state index contributed by atoms with van der Waals surface area (Å²) in [5.74, 6) is 0.606. The zero-order valence-corrected chi connectivity index (χ0v) is 14.3. The standard InChI is InChI=1S/C22H23FN2/c1-14(15-2-6-19(23)7-3-15)25-22(10-11-22)18-5-9-21-17(13-18)12-16-4-8-20(16)24-21/h2-3,5-7,9,13,16,20,24-25H,1,4,8,10-12H2. The first-order chi connectivity index (χ1) is 12.1. The lowest BCUT2D eigenvalue weighted by Crippen LogP contribution is -2.43. The van der Waals surface area contributed by atoms with Crippen LogP contribution in [0.5, 0.6) is 0 Å². The van der Waals surface area contributed by atoms with Gasteiger partial charge in [-0.3, -0.25) is 0 Å². The van der Waals surface area contributed by atoms with E-state index in [-0.39, 0.29) is 11.4 Å². The van der Waals surface area contributed by atoms with E-state index in [2.05, 4.69) is 35.4 Å². The van der Waals surface area contributed by atoms with E-state index in [9.17, 15) is 4.39 Å². The van der Waals surface area contributed by atoms with Gasteiger partial charge in [-0.05, 0) is 72.9 Å². The smallest absolute Gasteiger partial charge is 0.123 e. The van der Waals surface area contributed by atoms with E-state index in [1.54, 1.807) is 12.1 Å². The molecule has 0 amide bonds. The van der Waals surface area contributed by atoms with E-state index < -0.39 is 0 Å². The average Bonchev–Trinajstić information content (AvgIpc) is 3.37. The van der Waals surface area contributed by atoms with Crippen molar-refractivity contribution in [1.82, 2.24) is 5.32 Å². The number of hydrogen-bond donors (Lipinski definition) is 2. The maximum Gasteiger partial charge on any atom is 0.123 e. The predicted molar refractivity (Wildman–Crippen MR) is 99.8 cm³/mol. The molecule has 1 aliphatic heterocycles. The molecule has 2 aromatic rings. The molecule has 0 saturated heterocycles. The van der Waals surface area contributed by atoms with E-state index in [0.29, 0.717) is 6.04 Å². The second-order valence-corrected chi connectivity index (χ2v) is 7.86. The predicted octanol–water partition coefficient (Wildman–Crippen LogP) is 4.82.